The van der Waals surface area contributed by atoms with Crippen molar-refractivity contribution in [3.8, 4) is 0 Å². The van der Waals surface area contributed by atoms with E-state index in [1.165, 1.54) is 12.0 Å². The number of para-hydroxylation sites is 1. The lowest BCUT2D eigenvalue weighted by molar-refractivity contribution is -0.148. The zero-order valence-corrected chi connectivity index (χ0v) is 25.5. The van der Waals surface area contributed by atoms with Crippen molar-refractivity contribution in [3.05, 3.63) is 29.0 Å². The van der Waals surface area contributed by atoms with Crippen LogP contribution < -0.4 is 0 Å². The maximum atomic E-state index is 14.3. The zero-order chi connectivity index (χ0) is 29.6. The lowest BCUT2D eigenvalue weighted by atomic mass is 9.92. The molecule has 0 bridgehead atoms. The number of aryl methyl sites for hydroxylation is 1. The molecule has 0 radical (unpaired) electrons. The molecule has 1 saturated heterocycles. The highest BCUT2D eigenvalue weighted by Gasteiger charge is 2.41. The summed E-state index contributed by atoms with van der Waals surface area (Å²) in [5, 5.41) is 0.470. The van der Waals surface area contributed by atoms with Crippen molar-refractivity contribution in [3.63, 3.8) is 0 Å². The normalized spacial score (nSPS) is 17.8. The minimum absolute atomic E-state index is 0.126. The van der Waals surface area contributed by atoms with Gasteiger partial charge in [-0.15, -0.1) is 0 Å². The molecule has 1 aliphatic rings. The van der Waals surface area contributed by atoms with Crippen molar-refractivity contribution in [1.82, 2.24) is 19.4 Å². The predicted octanol–water partition coefficient (Wildman–Crippen LogP) is 5.01. The SMILES string of the molecule is COCCCCn1c(C(=O)N(CC(C)C)[C@H]2CC(C(=O)OC)CN(C(=O)OC(C)(C)C)C2)nc2c(Cl)cccc21. The van der Waals surface area contributed by atoms with Crippen LogP contribution in [0.25, 0.3) is 11.0 Å². The van der Waals surface area contributed by atoms with E-state index in [4.69, 9.17) is 30.8 Å². The number of imidazole rings is 1. The number of hydrogen-bond donors (Lipinski definition) is 0. The van der Waals surface area contributed by atoms with E-state index in [0.29, 0.717) is 36.7 Å². The topological polar surface area (TPSA) is 103 Å². The van der Waals surface area contributed by atoms with E-state index >= 15 is 0 Å². The Morgan fingerprint density at radius 1 is 1.15 bits per heavy atom. The van der Waals surface area contributed by atoms with Crippen LogP contribution in [0, 0.1) is 11.8 Å². The predicted molar refractivity (Wildman–Crippen MR) is 153 cm³/mol. The molecule has 10 nitrogen and oxygen atoms in total. The molecule has 11 heteroatoms. The highest BCUT2D eigenvalue weighted by molar-refractivity contribution is 6.35. The molecule has 0 aliphatic carbocycles. The molecule has 0 spiro atoms. The van der Waals surface area contributed by atoms with Gasteiger partial charge in [-0.2, -0.15) is 0 Å². The monoisotopic (exact) mass is 578 g/mol. The van der Waals surface area contributed by atoms with Gasteiger partial charge in [-0.05, 0) is 58.1 Å². The first-order valence-corrected chi connectivity index (χ1v) is 14.2. The van der Waals surface area contributed by atoms with Crippen molar-refractivity contribution in [1.29, 1.82) is 0 Å². The van der Waals surface area contributed by atoms with Crippen LogP contribution in [0.4, 0.5) is 4.79 Å². The fourth-order valence-electron chi connectivity index (χ4n) is 5.05. The van der Waals surface area contributed by atoms with E-state index in [-0.39, 0.29) is 30.7 Å². The molecule has 1 aromatic heterocycles. The number of benzene rings is 1. The summed E-state index contributed by atoms with van der Waals surface area (Å²) in [5.74, 6) is -0.883. The number of halogens is 1. The van der Waals surface area contributed by atoms with Crippen molar-refractivity contribution in [2.75, 3.05) is 40.5 Å². The molecule has 1 unspecified atom stereocenters. The molecule has 3 rings (SSSR count). The summed E-state index contributed by atoms with van der Waals surface area (Å²) in [4.78, 5) is 48.1. The smallest absolute Gasteiger partial charge is 0.410 e. The lowest BCUT2D eigenvalue weighted by Crippen LogP contribution is -2.57. The first kappa shape index (κ1) is 31.7. The minimum atomic E-state index is -0.703. The van der Waals surface area contributed by atoms with Crippen molar-refractivity contribution in [2.45, 2.75) is 72.1 Å². The highest BCUT2D eigenvalue weighted by Crippen LogP contribution is 2.29. The van der Waals surface area contributed by atoms with E-state index < -0.39 is 29.6 Å². The Bertz CT molecular complexity index is 1190. The van der Waals surface area contributed by atoms with E-state index in [2.05, 4.69) is 0 Å². The third-order valence-corrected chi connectivity index (χ3v) is 7.08. The van der Waals surface area contributed by atoms with Crippen LogP contribution in [0.5, 0.6) is 0 Å². The average molecular weight is 579 g/mol. The van der Waals surface area contributed by atoms with E-state index in [1.807, 2.05) is 30.5 Å². The second-order valence-electron chi connectivity index (χ2n) is 11.7. The number of likely N-dealkylation sites (tertiary alicyclic amines) is 1. The second-order valence-corrected chi connectivity index (χ2v) is 12.1. The summed E-state index contributed by atoms with van der Waals surface area (Å²) in [7, 11) is 2.99. The lowest BCUT2D eigenvalue weighted by Gasteiger charge is -2.42. The molecule has 0 N–H and O–H groups in total. The number of amides is 2. The van der Waals surface area contributed by atoms with Gasteiger partial charge in [0.25, 0.3) is 5.91 Å². The third kappa shape index (κ3) is 7.87. The summed E-state index contributed by atoms with van der Waals surface area (Å²) >= 11 is 6.49. The van der Waals surface area contributed by atoms with E-state index in [1.54, 1.807) is 38.8 Å². The molecule has 2 amide bonds. The van der Waals surface area contributed by atoms with Gasteiger partial charge < -0.3 is 28.6 Å². The molecule has 1 fully saturated rings. The number of unbranched alkanes of at least 4 members (excludes halogenated alkanes) is 1. The molecule has 222 valence electrons. The van der Waals surface area contributed by atoms with Gasteiger partial charge in [0.1, 0.15) is 11.1 Å². The molecule has 2 heterocycles. The Kier molecular flexibility index (Phi) is 10.8. The van der Waals surface area contributed by atoms with Crippen LogP contribution in [0.2, 0.25) is 5.02 Å². The Hall–Kier alpha value is -2.85. The van der Waals surface area contributed by atoms with Gasteiger partial charge in [-0.1, -0.05) is 31.5 Å². The molecule has 0 saturated carbocycles. The molecule has 40 heavy (non-hydrogen) atoms. The first-order chi connectivity index (χ1) is 18.9. The molecule has 1 aromatic carbocycles. The fraction of sp³-hybridized carbons (Fsp3) is 0.655. The minimum Gasteiger partial charge on any atom is -0.469 e. The molecular formula is C29H43ClN4O6. The Morgan fingerprint density at radius 2 is 1.88 bits per heavy atom. The van der Waals surface area contributed by atoms with Crippen molar-refractivity contribution >= 4 is 40.6 Å². The average Bonchev–Trinajstić information content (AvgIpc) is 3.27. The van der Waals surface area contributed by atoms with Gasteiger partial charge in [0.05, 0.1) is 29.6 Å². The number of hydrogen-bond acceptors (Lipinski definition) is 7. The highest BCUT2D eigenvalue weighted by atomic mass is 35.5. The van der Waals surface area contributed by atoms with E-state index in [9.17, 15) is 14.4 Å². The third-order valence-electron chi connectivity index (χ3n) is 6.78. The number of aromatic nitrogens is 2. The number of fused-ring (bicyclic) bond motifs is 1. The first-order valence-electron chi connectivity index (χ1n) is 13.9. The molecule has 1 aliphatic heterocycles. The van der Waals surface area contributed by atoms with Gasteiger partial charge in [-0.25, -0.2) is 9.78 Å². The second kappa shape index (κ2) is 13.7. The van der Waals surface area contributed by atoms with Crippen molar-refractivity contribution in [2.24, 2.45) is 11.8 Å². The standard InChI is InChI=1S/C29H43ClN4O6/c1-19(2)16-34(21-15-20(27(36)39-7)17-32(18-21)28(37)40-29(3,4)5)26(35)25-31-24-22(30)11-10-12-23(24)33(25)13-8-9-14-38-6/h10-12,19-21H,8-9,13-18H2,1-7H3/t20?,21-/m0/s1. The Balaban J connectivity index is 2.02. The number of carbonyl (C=O) groups excluding carboxylic acids is 3. The quantitative estimate of drug-likeness (QED) is 0.288. The van der Waals surface area contributed by atoms with Crippen LogP contribution in [0.3, 0.4) is 0 Å². The summed E-state index contributed by atoms with van der Waals surface area (Å²) < 4.78 is 17.8. The van der Waals surface area contributed by atoms with Gasteiger partial charge in [0, 0.05) is 39.9 Å². The van der Waals surface area contributed by atoms with Crippen LogP contribution >= 0.6 is 11.6 Å². The number of nitrogens with zero attached hydrogens (tertiary/aromatic N) is 4. The summed E-state index contributed by atoms with van der Waals surface area (Å²) in [6.07, 6.45) is 1.45. The van der Waals surface area contributed by atoms with Gasteiger partial charge in [0.2, 0.25) is 0 Å². The summed E-state index contributed by atoms with van der Waals surface area (Å²) in [6, 6.07) is 5.07. The maximum Gasteiger partial charge on any atom is 0.410 e. The summed E-state index contributed by atoms with van der Waals surface area (Å²) in [6.45, 7) is 11.4. The van der Waals surface area contributed by atoms with Crippen molar-refractivity contribution < 1.29 is 28.6 Å². The van der Waals surface area contributed by atoms with Crippen LogP contribution in [0.15, 0.2) is 18.2 Å². The van der Waals surface area contributed by atoms with Crippen LogP contribution in [-0.2, 0) is 25.5 Å². The maximum absolute atomic E-state index is 14.3. The Morgan fingerprint density at radius 3 is 2.50 bits per heavy atom. The number of carbonyl (C=O) groups is 3. The van der Waals surface area contributed by atoms with Gasteiger partial charge in [0.15, 0.2) is 5.82 Å². The zero-order valence-electron chi connectivity index (χ0n) is 24.7. The van der Waals surface area contributed by atoms with Crippen LogP contribution in [-0.4, -0.2) is 89.4 Å². The molecule has 2 aromatic rings. The number of rotatable bonds is 10. The number of esters is 1. The molecule has 2 atom stereocenters. The molecular weight excluding hydrogens is 536 g/mol. The Labute approximate surface area is 241 Å². The number of methoxy groups -OCH3 is 2. The summed E-state index contributed by atoms with van der Waals surface area (Å²) in [5.41, 5.74) is 0.644. The fourth-order valence-corrected chi connectivity index (χ4v) is 5.26. The number of ether oxygens (including phenoxy) is 3. The van der Waals surface area contributed by atoms with E-state index in [0.717, 1.165) is 18.4 Å². The van der Waals surface area contributed by atoms with Crippen LogP contribution in [0.1, 0.15) is 64.5 Å². The van der Waals surface area contributed by atoms with Gasteiger partial charge in [-0.3, -0.25) is 9.59 Å². The van der Waals surface area contributed by atoms with Gasteiger partial charge >= 0.3 is 12.1 Å². The largest absolute Gasteiger partial charge is 0.469 e. The number of piperidine rings is 1.